The van der Waals surface area contributed by atoms with Crippen molar-refractivity contribution in [3.05, 3.63) is 88.5 Å². The molecule has 0 bridgehead atoms. The predicted octanol–water partition coefficient (Wildman–Crippen LogP) is 3.90. The normalized spacial score (nSPS) is 11.3. The molecule has 2 aromatic heterocycles. The number of hydrogen-bond acceptors (Lipinski definition) is 5. The number of rotatable bonds is 5. The number of methoxy groups -OCH3 is 1. The van der Waals surface area contributed by atoms with Crippen LogP contribution in [-0.4, -0.2) is 33.0 Å². The molecule has 11 heteroatoms. The number of ether oxygens (including phenoxy) is 1. The number of aromatic amines is 1. The van der Waals surface area contributed by atoms with Gasteiger partial charge in [-0.1, -0.05) is 18.2 Å². The third-order valence-corrected chi connectivity index (χ3v) is 4.65. The number of hydrogen-bond donors (Lipinski definition) is 2. The quantitative estimate of drug-likeness (QED) is 0.475. The van der Waals surface area contributed by atoms with E-state index in [1.807, 2.05) is 0 Å². The average Bonchev–Trinajstić information content (AvgIpc) is 3.24. The van der Waals surface area contributed by atoms with Gasteiger partial charge in [-0.2, -0.15) is 23.4 Å². The van der Waals surface area contributed by atoms with Gasteiger partial charge in [-0.3, -0.25) is 9.59 Å². The molecule has 0 radical (unpaired) electrons. The molecule has 0 fully saturated rings. The molecule has 4 rings (SSSR count). The van der Waals surface area contributed by atoms with Gasteiger partial charge in [0.1, 0.15) is 0 Å². The first-order valence-corrected chi connectivity index (χ1v) is 9.53. The number of aromatic nitrogens is 4. The Balaban J connectivity index is 1.61. The van der Waals surface area contributed by atoms with Crippen molar-refractivity contribution in [2.24, 2.45) is 0 Å². The van der Waals surface area contributed by atoms with E-state index in [4.69, 9.17) is 4.74 Å². The Morgan fingerprint density at radius 3 is 2.58 bits per heavy atom. The van der Waals surface area contributed by atoms with E-state index >= 15 is 0 Å². The number of H-pyrrole nitrogens is 1. The van der Waals surface area contributed by atoms with Crippen LogP contribution in [0.2, 0.25) is 0 Å². The number of halogens is 3. The molecule has 0 unspecified atom stereocenters. The standard InChI is InChI=1S/C22H16F3N5O3/c1-33-18-12-30(16-7-3-5-14(11-16)22(23,24)25)29-20(18)21(32)26-15-6-2-4-13(10-15)17-8-9-19(31)28-27-17/h2-12H,1H3,(H,26,32)(H,28,31). The molecule has 2 heterocycles. The number of carbonyl (C=O) groups excluding carboxylic acids is 1. The summed E-state index contributed by atoms with van der Waals surface area (Å²) < 4.78 is 45.5. The van der Waals surface area contributed by atoms with Crippen molar-refractivity contribution < 1.29 is 22.7 Å². The number of amides is 1. The molecule has 1 amide bonds. The van der Waals surface area contributed by atoms with E-state index in [2.05, 4.69) is 20.6 Å². The van der Waals surface area contributed by atoms with Crippen LogP contribution in [0, 0.1) is 0 Å². The minimum Gasteiger partial charge on any atom is -0.493 e. The maximum atomic E-state index is 13.0. The SMILES string of the molecule is COc1cn(-c2cccc(C(F)(F)F)c2)nc1C(=O)Nc1cccc(-c2ccc(=O)[nH]n2)c1. The number of alkyl halides is 3. The van der Waals surface area contributed by atoms with Crippen molar-refractivity contribution in [2.75, 3.05) is 12.4 Å². The summed E-state index contributed by atoms with van der Waals surface area (Å²) >= 11 is 0. The van der Waals surface area contributed by atoms with Crippen molar-refractivity contribution in [2.45, 2.75) is 6.18 Å². The van der Waals surface area contributed by atoms with Gasteiger partial charge in [0.2, 0.25) is 0 Å². The monoisotopic (exact) mass is 455 g/mol. The van der Waals surface area contributed by atoms with Gasteiger partial charge in [-0.15, -0.1) is 0 Å². The maximum Gasteiger partial charge on any atom is 0.416 e. The van der Waals surface area contributed by atoms with Crippen molar-refractivity contribution >= 4 is 11.6 Å². The lowest BCUT2D eigenvalue weighted by Gasteiger charge is -2.08. The van der Waals surface area contributed by atoms with E-state index in [0.717, 1.165) is 16.8 Å². The summed E-state index contributed by atoms with van der Waals surface area (Å²) in [5.41, 5.74) is 0.388. The van der Waals surface area contributed by atoms with Gasteiger partial charge < -0.3 is 10.1 Å². The zero-order valence-corrected chi connectivity index (χ0v) is 17.1. The molecule has 0 saturated carbocycles. The average molecular weight is 455 g/mol. The predicted molar refractivity (Wildman–Crippen MR) is 113 cm³/mol. The highest BCUT2D eigenvalue weighted by molar-refractivity contribution is 6.05. The van der Waals surface area contributed by atoms with Gasteiger partial charge in [-0.25, -0.2) is 9.78 Å². The van der Waals surface area contributed by atoms with Crippen molar-refractivity contribution in [3.63, 3.8) is 0 Å². The Labute approximate surface area is 184 Å². The van der Waals surface area contributed by atoms with Crippen LogP contribution in [0.5, 0.6) is 5.75 Å². The fourth-order valence-electron chi connectivity index (χ4n) is 3.07. The fraction of sp³-hybridized carbons (Fsp3) is 0.0909. The van der Waals surface area contributed by atoms with Crippen LogP contribution in [0.1, 0.15) is 16.1 Å². The van der Waals surface area contributed by atoms with Crippen LogP contribution in [0.3, 0.4) is 0 Å². The lowest BCUT2D eigenvalue weighted by Crippen LogP contribution is -2.14. The molecule has 0 aliphatic rings. The number of carbonyl (C=O) groups is 1. The second-order valence-corrected chi connectivity index (χ2v) is 6.88. The molecular weight excluding hydrogens is 439 g/mol. The summed E-state index contributed by atoms with van der Waals surface area (Å²) in [7, 11) is 1.33. The van der Waals surface area contributed by atoms with Crippen LogP contribution in [-0.2, 0) is 6.18 Å². The Bertz CT molecular complexity index is 1360. The van der Waals surface area contributed by atoms with Crippen LogP contribution in [0.25, 0.3) is 16.9 Å². The summed E-state index contributed by atoms with van der Waals surface area (Å²) in [6, 6.07) is 14.2. The molecule has 33 heavy (non-hydrogen) atoms. The number of anilines is 1. The largest absolute Gasteiger partial charge is 0.493 e. The van der Waals surface area contributed by atoms with E-state index in [0.29, 0.717) is 16.9 Å². The molecule has 0 aliphatic carbocycles. The first kappa shape index (κ1) is 21.8. The smallest absolute Gasteiger partial charge is 0.416 e. The molecular formula is C22H16F3N5O3. The summed E-state index contributed by atoms with van der Waals surface area (Å²) in [5.74, 6) is -0.535. The van der Waals surface area contributed by atoms with Gasteiger partial charge in [0.15, 0.2) is 11.4 Å². The zero-order chi connectivity index (χ0) is 23.6. The third-order valence-electron chi connectivity index (χ3n) is 4.65. The van der Waals surface area contributed by atoms with Crippen LogP contribution < -0.4 is 15.6 Å². The van der Waals surface area contributed by atoms with Gasteiger partial charge in [0, 0.05) is 17.3 Å². The first-order valence-electron chi connectivity index (χ1n) is 9.53. The summed E-state index contributed by atoms with van der Waals surface area (Å²) in [5, 5.41) is 13.1. The molecule has 168 valence electrons. The van der Waals surface area contributed by atoms with E-state index in [1.54, 1.807) is 30.3 Å². The lowest BCUT2D eigenvalue weighted by molar-refractivity contribution is -0.137. The second kappa shape index (κ2) is 8.61. The molecule has 0 saturated heterocycles. The van der Waals surface area contributed by atoms with E-state index in [1.165, 1.54) is 31.5 Å². The highest BCUT2D eigenvalue weighted by Gasteiger charge is 2.30. The van der Waals surface area contributed by atoms with Crippen molar-refractivity contribution in [1.29, 1.82) is 0 Å². The number of benzene rings is 2. The molecule has 0 spiro atoms. The Morgan fingerprint density at radius 1 is 1.09 bits per heavy atom. The van der Waals surface area contributed by atoms with Crippen LogP contribution >= 0.6 is 0 Å². The topological polar surface area (TPSA) is 102 Å². The number of nitrogens with one attached hydrogen (secondary N) is 2. The maximum absolute atomic E-state index is 13.0. The van der Waals surface area contributed by atoms with Crippen molar-refractivity contribution in [1.82, 2.24) is 20.0 Å². The Kier molecular flexibility index (Phi) is 5.69. The minimum absolute atomic E-state index is 0.0865. The lowest BCUT2D eigenvalue weighted by atomic mass is 10.1. The zero-order valence-electron chi connectivity index (χ0n) is 17.1. The highest BCUT2D eigenvalue weighted by atomic mass is 19.4. The van der Waals surface area contributed by atoms with Gasteiger partial charge in [0.25, 0.3) is 11.5 Å². The Morgan fingerprint density at radius 2 is 1.88 bits per heavy atom. The van der Waals surface area contributed by atoms with E-state index < -0.39 is 17.6 Å². The van der Waals surface area contributed by atoms with Crippen LogP contribution in [0.15, 0.2) is 71.7 Å². The van der Waals surface area contributed by atoms with Gasteiger partial charge >= 0.3 is 6.18 Å². The summed E-state index contributed by atoms with van der Waals surface area (Å²) in [6.45, 7) is 0. The van der Waals surface area contributed by atoms with Gasteiger partial charge in [-0.05, 0) is 36.4 Å². The summed E-state index contributed by atoms with van der Waals surface area (Å²) in [4.78, 5) is 24.1. The fourth-order valence-corrected chi connectivity index (χ4v) is 3.07. The highest BCUT2D eigenvalue weighted by Crippen LogP contribution is 2.31. The first-order chi connectivity index (χ1) is 15.7. The molecule has 8 nitrogen and oxygen atoms in total. The molecule has 2 N–H and O–H groups in total. The Hall–Kier alpha value is -4.41. The summed E-state index contributed by atoms with van der Waals surface area (Å²) in [6.07, 6.45) is -3.19. The molecule has 0 aliphatic heterocycles. The molecule has 4 aromatic rings. The number of nitrogens with zero attached hydrogens (tertiary/aromatic N) is 3. The molecule has 0 atom stereocenters. The van der Waals surface area contributed by atoms with Gasteiger partial charge in [0.05, 0.1) is 30.3 Å². The minimum atomic E-state index is -4.51. The van der Waals surface area contributed by atoms with Crippen LogP contribution in [0.4, 0.5) is 18.9 Å². The molecule has 2 aromatic carbocycles. The van der Waals surface area contributed by atoms with Crippen molar-refractivity contribution in [3.8, 4) is 22.7 Å². The second-order valence-electron chi connectivity index (χ2n) is 6.88. The van der Waals surface area contributed by atoms with E-state index in [9.17, 15) is 22.8 Å². The third kappa shape index (κ3) is 4.76. The van der Waals surface area contributed by atoms with E-state index in [-0.39, 0.29) is 22.7 Å².